The monoisotopic (exact) mass is 182 g/mol. The van der Waals surface area contributed by atoms with Gasteiger partial charge in [-0.3, -0.25) is 0 Å². The summed E-state index contributed by atoms with van der Waals surface area (Å²) in [6.07, 6.45) is 2.00. The van der Waals surface area contributed by atoms with Crippen molar-refractivity contribution in [3.8, 4) is 0 Å². The Morgan fingerprint density at radius 2 is 1.40 bits per heavy atom. The fourth-order valence-electron chi connectivity index (χ4n) is 0. The van der Waals surface area contributed by atoms with Crippen LogP contribution in [0.3, 0.4) is 0 Å². The van der Waals surface area contributed by atoms with Crippen molar-refractivity contribution < 1.29 is 19.2 Å². The summed E-state index contributed by atoms with van der Waals surface area (Å²) >= 11 is 2.53. The zero-order chi connectivity index (χ0) is 4.71. The van der Waals surface area contributed by atoms with Crippen LogP contribution in [-0.2, 0) is 19.2 Å². The van der Waals surface area contributed by atoms with Crippen LogP contribution in [0.4, 0.5) is 0 Å². The topological polar surface area (TPSA) is 0 Å². The molecule has 0 fully saturated rings. The van der Waals surface area contributed by atoms with E-state index in [0.29, 0.717) is 0 Å². The average Bonchev–Trinajstić information content (AvgIpc) is 1.46. The van der Waals surface area contributed by atoms with Gasteiger partial charge in [0.2, 0.25) is 0 Å². The van der Waals surface area contributed by atoms with Crippen molar-refractivity contribution in [2.75, 3.05) is 0 Å². The average molecular weight is 183 g/mol. The maximum atomic E-state index is 3.89. The SMILES string of the molecule is C[CH-]C.[S]=[Ag]. The van der Waals surface area contributed by atoms with Crippen LogP contribution in [0.1, 0.15) is 13.8 Å². The molecule has 0 heterocycles. The number of rotatable bonds is 0. The summed E-state index contributed by atoms with van der Waals surface area (Å²) in [5, 5.41) is 0. The first-order chi connectivity index (χ1) is 2.41. The predicted molar refractivity (Wildman–Crippen MR) is 23.2 cm³/mol. The zero-order valence-corrected chi connectivity index (χ0v) is 5.59. The Labute approximate surface area is 49.2 Å². The van der Waals surface area contributed by atoms with Gasteiger partial charge in [-0.05, 0) is 0 Å². The van der Waals surface area contributed by atoms with E-state index in [-0.39, 0.29) is 0 Å². The Hall–Kier alpha value is 0.960. The second-order valence-corrected chi connectivity index (χ2v) is 0.577. The predicted octanol–water partition coefficient (Wildman–Crippen LogP) is 1.88. The fourth-order valence-corrected chi connectivity index (χ4v) is 0. The second-order valence-electron chi connectivity index (χ2n) is 0.577. The molecule has 0 nitrogen and oxygen atoms in total. The normalized spacial score (nSPS) is 4.80. The molecular formula is C3H7AgS-. The summed E-state index contributed by atoms with van der Waals surface area (Å²) in [6.45, 7) is 4.00. The third-order valence-corrected chi connectivity index (χ3v) is 0. The van der Waals surface area contributed by atoms with Gasteiger partial charge in [-0.2, -0.15) is 13.8 Å². The van der Waals surface area contributed by atoms with Crippen molar-refractivity contribution in [1.82, 2.24) is 0 Å². The Morgan fingerprint density at radius 3 is 1.40 bits per heavy atom. The van der Waals surface area contributed by atoms with Crippen molar-refractivity contribution in [1.29, 1.82) is 0 Å². The van der Waals surface area contributed by atoms with Gasteiger partial charge in [0.15, 0.2) is 0 Å². The molecule has 0 aliphatic rings. The Bertz CT molecular complexity index is 10.9. The zero-order valence-electron chi connectivity index (χ0n) is 3.29. The van der Waals surface area contributed by atoms with Crippen molar-refractivity contribution in [3.63, 3.8) is 0 Å². The summed E-state index contributed by atoms with van der Waals surface area (Å²) in [6, 6.07) is 0. The van der Waals surface area contributed by atoms with E-state index in [4.69, 9.17) is 0 Å². The van der Waals surface area contributed by atoms with Crippen LogP contribution < -0.4 is 0 Å². The van der Waals surface area contributed by atoms with Gasteiger partial charge in [0, 0.05) is 0 Å². The summed E-state index contributed by atoms with van der Waals surface area (Å²) in [5.41, 5.74) is 0. The minimum absolute atomic E-state index is 2.00. The molecular weight excluding hydrogens is 176 g/mol. The Balaban J connectivity index is 0. The van der Waals surface area contributed by atoms with Gasteiger partial charge in [-0.15, -0.1) is 0 Å². The first kappa shape index (κ1) is 9.35. The van der Waals surface area contributed by atoms with Crippen LogP contribution >= 0.6 is 9.58 Å². The minimum atomic E-state index is 2.00. The third-order valence-electron chi connectivity index (χ3n) is 0. The van der Waals surface area contributed by atoms with Crippen LogP contribution in [0.25, 0.3) is 0 Å². The first-order valence-corrected chi connectivity index (χ1v) is 3.34. The van der Waals surface area contributed by atoms with Crippen LogP contribution in [0.5, 0.6) is 0 Å². The molecule has 0 saturated carbocycles. The Morgan fingerprint density at radius 1 is 1.40 bits per heavy atom. The molecule has 5 heavy (non-hydrogen) atoms. The van der Waals surface area contributed by atoms with E-state index >= 15 is 0 Å². The third kappa shape index (κ3) is 47.1. The molecule has 0 spiro atoms. The van der Waals surface area contributed by atoms with E-state index in [9.17, 15) is 0 Å². The van der Waals surface area contributed by atoms with E-state index in [1.165, 1.54) is 0 Å². The molecule has 0 N–H and O–H groups in total. The number of hydrogen-bond acceptors (Lipinski definition) is 1. The molecule has 0 unspecified atom stereocenters. The van der Waals surface area contributed by atoms with Gasteiger partial charge in [0.05, 0.1) is 0 Å². The molecule has 0 bridgehead atoms. The van der Waals surface area contributed by atoms with Gasteiger partial charge < -0.3 is 6.42 Å². The summed E-state index contributed by atoms with van der Waals surface area (Å²) in [5.74, 6) is 0. The molecule has 0 radical (unpaired) electrons. The summed E-state index contributed by atoms with van der Waals surface area (Å²) < 4.78 is 0. The molecule has 0 saturated heterocycles. The molecule has 0 atom stereocenters. The molecule has 0 aliphatic heterocycles. The maximum absolute atomic E-state index is 3.89. The molecule has 0 rings (SSSR count). The number of hydrogen-bond donors (Lipinski definition) is 0. The van der Waals surface area contributed by atoms with E-state index in [1.54, 1.807) is 0 Å². The second kappa shape index (κ2) is 20.2. The van der Waals surface area contributed by atoms with Crippen molar-refractivity contribution >= 4 is 9.58 Å². The van der Waals surface area contributed by atoms with Gasteiger partial charge in [-0.1, -0.05) is 0 Å². The fraction of sp³-hybridized carbons (Fsp3) is 0.667. The van der Waals surface area contributed by atoms with E-state index < -0.39 is 0 Å². The molecule has 0 aromatic carbocycles. The van der Waals surface area contributed by atoms with Crippen LogP contribution in [0.2, 0.25) is 0 Å². The van der Waals surface area contributed by atoms with Crippen molar-refractivity contribution in [2.24, 2.45) is 0 Å². The molecule has 2 heteroatoms. The van der Waals surface area contributed by atoms with E-state index in [1.807, 2.05) is 20.3 Å². The van der Waals surface area contributed by atoms with Gasteiger partial charge in [0.1, 0.15) is 0 Å². The quantitative estimate of drug-likeness (QED) is 0.408. The van der Waals surface area contributed by atoms with Gasteiger partial charge in [-0.25, -0.2) is 0 Å². The van der Waals surface area contributed by atoms with Crippen LogP contribution in [-0.4, -0.2) is 0 Å². The van der Waals surface area contributed by atoms with Gasteiger partial charge >= 0.3 is 28.8 Å². The first-order valence-electron chi connectivity index (χ1n) is 1.28. The van der Waals surface area contributed by atoms with Crippen molar-refractivity contribution in [3.05, 3.63) is 6.42 Å². The molecule has 0 aliphatic carbocycles. The molecule has 0 amide bonds. The van der Waals surface area contributed by atoms with E-state index in [0.717, 1.165) is 0 Å². The van der Waals surface area contributed by atoms with Gasteiger partial charge in [0.25, 0.3) is 0 Å². The molecule has 37 valence electrons. The van der Waals surface area contributed by atoms with Crippen molar-refractivity contribution in [2.45, 2.75) is 13.8 Å². The summed E-state index contributed by atoms with van der Waals surface area (Å²) in [4.78, 5) is 0. The van der Waals surface area contributed by atoms with E-state index in [2.05, 4.69) is 28.8 Å². The molecule has 0 aromatic heterocycles. The molecule has 0 aromatic rings. The standard InChI is InChI=1S/C3H7.Ag.S/c1-3-2;;/h3H,1-2H3;;/q-1;;. The van der Waals surface area contributed by atoms with Crippen LogP contribution in [0, 0.1) is 6.42 Å². The van der Waals surface area contributed by atoms with Crippen LogP contribution in [0.15, 0.2) is 0 Å². The summed E-state index contributed by atoms with van der Waals surface area (Å²) in [7, 11) is 3.89. The Kier molecular flexibility index (Phi) is 37.9.